The summed E-state index contributed by atoms with van der Waals surface area (Å²) in [6.45, 7) is 4.87. The van der Waals surface area contributed by atoms with Crippen molar-refractivity contribution in [1.29, 1.82) is 0 Å². The van der Waals surface area contributed by atoms with Crippen LogP contribution in [0.5, 0.6) is 5.75 Å². The molecule has 2 rings (SSSR count). The van der Waals surface area contributed by atoms with E-state index >= 15 is 0 Å². The van der Waals surface area contributed by atoms with Crippen molar-refractivity contribution in [2.45, 2.75) is 32.9 Å². The lowest BCUT2D eigenvalue weighted by Crippen LogP contribution is -2.12. The minimum absolute atomic E-state index is 0.0670. The Hall–Kier alpha value is -2.57. The van der Waals surface area contributed by atoms with Crippen LogP contribution in [-0.4, -0.2) is 20.2 Å². The Morgan fingerprint density at radius 2 is 1.67 bits per heavy atom. The van der Waals surface area contributed by atoms with E-state index in [0.29, 0.717) is 11.1 Å². The summed E-state index contributed by atoms with van der Waals surface area (Å²) in [5.41, 5.74) is -0.403. The van der Waals surface area contributed by atoms with E-state index < -0.39 is 23.5 Å². The van der Waals surface area contributed by atoms with Gasteiger partial charge in [0.15, 0.2) is 0 Å². The van der Waals surface area contributed by atoms with Gasteiger partial charge >= 0.3 is 12.1 Å². The smallest absolute Gasteiger partial charge is 0.416 e. The molecule has 0 spiro atoms. The van der Waals surface area contributed by atoms with Crippen molar-refractivity contribution >= 4 is 5.97 Å². The SMILES string of the molecule is COC(=O)c1cc(C(F)(F)F)c(C)cc1-c1cc(C(C)C)c(F)cc1OC. The molecule has 2 aromatic carbocycles. The molecule has 0 saturated heterocycles. The molecule has 0 aliphatic heterocycles. The second kappa shape index (κ2) is 7.58. The van der Waals surface area contributed by atoms with Crippen LogP contribution >= 0.6 is 0 Å². The maximum Gasteiger partial charge on any atom is 0.416 e. The fourth-order valence-electron chi connectivity index (χ4n) is 2.91. The Labute approximate surface area is 154 Å². The van der Waals surface area contributed by atoms with Crippen LogP contribution in [0.2, 0.25) is 0 Å². The van der Waals surface area contributed by atoms with E-state index in [-0.39, 0.29) is 28.4 Å². The Kier molecular flexibility index (Phi) is 5.82. The molecule has 146 valence electrons. The molecule has 0 bridgehead atoms. The molecule has 0 heterocycles. The van der Waals surface area contributed by atoms with Gasteiger partial charge in [0.1, 0.15) is 11.6 Å². The zero-order valence-electron chi connectivity index (χ0n) is 15.6. The number of aryl methyl sites for hydroxylation is 1. The molecule has 27 heavy (non-hydrogen) atoms. The predicted molar refractivity (Wildman–Crippen MR) is 93.6 cm³/mol. The van der Waals surface area contributed by atoms with Gasteiger partial charge in [0.25, 0.3) is 0 Å². The first-order valence-electron chi connectivity index (χ1n) is 8.19. The number of ether oxygens (including phenoxy) is 2. The van der Waals surface area contributed by atoms with Gasteiger partial charge in [0, 0.05) is 17.2 Å². The second-order valence-corrected chi connectivity index (χ2v) is 6.43. The lowest BCUT2D eigenvalue weighted by Gasteiger charge is -2.19. The number of rotatable bonds is 4. The predicted octanol–water partition coefficient (Wildman–Crippen LogP) is 5.74. The van der Waals surface area contributed by atoms with Gasteiger partial charge in [-0.15, -0.1) is 0 Å². The van der Waals surface area contributed by atoms with Gasteiger partial charge in [-0.3, -0.25) is 0 Å². The molecular formula is C20H20F4O3. The summed E-state index contributed by atoms with van der Waals surface area (Å²) in [6.07, 6.45) is -4.62. The van der Waals surface area contributed by atoms with Gasteiger partial charge in [-0.25, -0.2) is 9.18 Å². The van der Waals surface area contributed by atoms with Crippen molar-refractivity contribution in [3.8, 4) is 16.9 Å². The fourth-order valence-corrected chi connectivity index (χ4v) is 2.91. The highest BCUT2D eigenvalue weighted by Crippen LogP contribution is 2.40. The molecular weight excluding hydrogens is 364 g/mol. The number of carbonyl (C=O) groups is 1. The lowest BCUT2D eigenvalue weighted by atomic mass is 9.90. The summed E-state index contributed by atoms with van der Waals surface area (Å²) in [5.74, 6) is -1.48. The average molecular weight is 384 g/mol. The molecule has 0 amide bonds. The number of alkyl halides is 3. The molecule has 0 atom stereocenters. The molecule has 0 radical (unpaired) electrons. The first kappa shape index (κ1) is 20.7. The van der Waals surface area contributed by atoms with Crippen LogP contribution in [0.1, 0.15) is 46.8 Å². The van der Waals surface area contributed by atoms with Gasteiger partial charge in [-0.05, 0) is 42.2 Å². The van der Waals surface area contributed by atoms with E-state index in [1.807, 2.05) is 0 Å². The molecule has 2 aromatic rings. The fraction of sp³-hybridized carbons (Fsp3) is 0.350. The summed E-state index contributed by atoms with van der Waals surface area (Å²) < 4.78 is 64.0. The zero-order chi connectivity index (χ0) is 20.5. The summed E-state index contributed by atoms with van der Waals surface area (Å²) in [4.78, 5) is 12.2. The average Bonchev–Trinajstić information content (AvgIpc) is 2.59. The third-order valence-electron chi connectivity index (χ3n) is 4.31. The van der Waals surface area contributed by atoms with Crippen molar-refractivity contribution in [3.63, 3.8) is 0 Å². The highest BCUT2D eigenvalue weighted by atomic mass is 19.4. The minimum Gasteiger partial charge on any atom is -0.496 e. The van der Waals surface area contributed by atoms with E-state index in [0.717, 1.165) is 13.2 Å². The van der Waals surface area contributed by atoms with Gasteiger partial charge in [-0.1, -0.05) is 13.8 Å². The van der Waals surface area contributed by atoms with E-state index in [2.05, 4.69) is 4.74 Å². The molecule has 3 nitrogen and oxygen atoms in total. The molecule has 0 unspecified atom stereocenters. The highest BCUT2D eigenvalue weighted by Gasteiger charge is 2.34. The molecule has 0 aliphatic rings. The third kappa shape index (κ3) is 4.07. The Morgan fingerprint density at radius 3 is 2.15 bits per heavy atom. The van der Waals surface area contributed by atoms with Crippen molar-refractivity contribution in [2.75, 3.05) is 14.2 Å². The zero-order valence-corrected chi connectivity index (χ0v) is 15.6. The van der Waals surface area contributed by atoms with Crippen LogP contribution in [0.15, 0.2) is 24.3 Å². The molecule has 7 heteroatoms. The molecule has 0 N–H and O–H groups in total. The van der Waals surface area contributed by atoms with Crippen LogP contribution in [0, 0.1) is 12.7 Å². The van der Waals surface area contributed by atoms with Gasteiger partial charge in [0.2, 0.25) is 0 Å². The Balaban J connectivity index is 2.87. The molecule has 0 aliphatic carbocycles. The van der Waals surface area contributed by atoms with Gasteiger partial charge in [0.05, 0.1) is 25.3 Å². The minimum atomic E-state index is -4.62. The lowest BCUT2D eigenvalue weighted by molar-refractivity contribution is -0.138. The maximum atomic E-state index is 14.3. The Morgan fingerprint density at radius 1 is 1.04 bits per heavy atom. The third-order valence-corrected chi connectivity index (χ3v) is 4.31. The first-order valence-corrected chi connectivity index (χ1v) is 8.19. The van der Waals surface area contributed by atoms with Gasteiger partial charge < -0.3 is 9.47 Å². The molecule has 0 aromatic heterocycles. The standard InChI is InChI=1S/C20H20F4O3/c1-10(2)12-7-14(18(26-4)9-17(12)21)13-6-11(3)16(20(22,23)24)8-15(13)19(25)27-5/h6-10H,1-5H3. The number of benzene rings is 2. The number of hydrogen-bond acceptors (Lipinski definition) is 3. The number of halogens is 4. The van der Waals surface area contributed by atoms with Crippen LogP contribution in [0.4, 0.5) is 17.6 Å². The van der Waals surface area contributed by atoms with Crippen molar-refractivity contribution < 1.29 is 31.8 Å². The van der Waals surface area contributed by atoms with Crippen LogP contribution in [0.25, 0.3) is 11.1 Å². The number of carbonyl (C=O) groups excluding carboxylic acids is 1. The normalized spacial score (nSPS) is 11.6. The van der Waals surface area contributed by atoms with Gasteiger partial charge in [-0.2, -0.15) is 13.2 Å². The largest absolute Gasteiger partial charge is 0.496 e. The summed E-state index contributed by atoms with van der Waals surface area (Å²) in [6, 6.07) is 4.66. The molecule has 0 fully saturated rings. The first-order chi connectivity index (χ1) is 12.5. The van der Waals surface area contributed by atoms with Crippen molar-refractivity contribution in [2.24, 2.45) is 0 Å². The maximum absolute atomic E-state index is 14.3. The van der Waals surface area contributed by atoms with E-state index in [9.17, 15) is 22.4 Å². The second-order valence-electron chi connectivity index (χ2n) is 6.43. The number of hydrogen-bond donors (Lipinski definition) is 0. The topological polar surface area (TPSA) is 35.5 Å². The van der Waals surface area contributed by atoms with Crippen LogP contribution < -0.4 is 4.74 Å². The number of esters is 1. The quantitative estimate of drug-likeness (QED) is 0.498. The highest BCUT2D eigenvalue weighted by molar-refractivity contribution is 5.98. The summed E-state index contributed by atoms with van der Waals surface area (Å²) in [7, 11) is 2.41. The van der Waals surface area contributed by atoms with Crippen molar-refractivity contribution in [1.82, 2.24) is 0 Å². The monoisotopic (exact) mass is 384 g/mol. The van der Waals surface area contributed by atoms with Crippen LogP contribution in [0.3, 0.4) is 0 Å². The van der Waals surface area contributed by atoms with E-state index in [4.69, 9.17) is 4.74 Å². The van der Waals surface area contributed by atoms with E-state index in [1.165, 1.54) is 32.2 Å². The van der Waals surface area contributed by atoms with E-state index in [1.54, 1.807) is 13.8 Å². The van der Waals surface area contributed by atoms with Crippen LogP contribution in [-0.2, 0) is 10.9 Å². The summed E-state index contributed by atoms with van der Waals surface area (Å²) in [5, 5.41) is 0. The Bertz CT molecular complexity index is 871. The molecule has 0 saturated carbocycles. The number of methoxy groups -OCH3 is 2. The summed E-state index contributed by atoms with van der Waals surface area (Å²) >= 11 is 0. The van der Waals surface area contributed by atoms with Crippen molar-refractivity contribution in [3.05, 3.63) is 52.3 Å².